The first kappa shape index (κ1) is 22.2. The largest absolute Gasteiger partial charge is 0.369 e. The van der Waals surface area contributed by atoms with Crippen molar-refractivity contribution in [3.8, 4) is 11.4 Å². The van der Waals surface area contributed by atoms with Crippen molar-refractivity contribution in [2.75, 3.05) is 22.9 Å². The average Bonchev–Trinajstić information content (AvgIpc) is 3.02. The van der Waals surface area contributed by atoms with Crippen molar-refractivity contribution in [3.05, 3.63) is 88.9 Å². The number of thioether (sulfide) groups is 1. The second-order valence-electron chi connectivity index (χ2n) is 8.29. The number of aryl methyl sites for hydroxylation is 3. The number of fused-ring (bicyclic) bond motifs is 1. The number of carbonyl (C=O) groups excluding carboxylic acids is 1. The molecule has 0 bridgehead atoms. The predicted octanol–water partition coefficient (Wildman–Crippen LogP) is 4.99. The van der Waals surface area contributed by atoms with Crippen molar-refractivity contribution < 1.29 is 4.79 Å². The molecule has 1 aliphatic rings. The van der Waals surface area contributed by atoms with Gasteiger partial charge in [0.1, 0.15) is 11.5 Å². The van der Waals surface area contributed by atoms with Crippen LogP contribution < -0.4 is 10.6 Å². The number of benzene rings is 1. The third-order valence-electron chi connectivity index (χ3n) is 6.01. The van der Waals surface area contributed by atoms with E-state index in [0.29, 0.717) is 5.56 Å². The fraction of sp³-hybridized carbons (Fsp3) is 0.231. The van der Waals surface area contributed by atoms with Crippen LogP contribution in [0.15, 0.2) is 60.9 Å². The van der Waals surface area contributed by atoms with Crippen molar-refractivity contribution in [2.45, 2.75) is 19.1 Å². The van der Waals surface area contributed by atoms with Crippen molar-refractivity contribution in [1.82, 2.24) is 19.7 Å². The second-order valence-corrected chi connectivity index (χ2v) is 9.50. The Hall–Kier alpha value is -3.65. The molecule has 1 atom stereocenters. The first-order chi connectivity index (χ1) is 16.5. The minimum atomic E-state index is -0.148. The summed E-state index contributed by atoms with van der Waals surface area (Å²) >= 11 is 1.86. The standard InChI is InChI=1S/C26H26N6OS/c1-16-9-10-18(26(33)30-20-8-6-12-27-17(20)2)15-19(16)24-22-23(21-7-4-5-11-28-21)31-32(3)25(22)29-13-14-34-24/h4-12,15,24,29H,13-14H2,1-3H3,(H,30,33). The van der Waals surface area contributed by atoms with Crippen LogP contribution in [0.5, 0.6) is 0 Å². The Balaban J connectivity index is 1.57. The van der Waals surface area contributed by atoms with E-state index in [0.717, 1.165) is 57.6 Å². The van der Waals surface area contributed by atoms with Gasteiger partial charge in [0.25, 0.3) is 5.91 Å². The minimum Gasteiger partial charge on any atom is -0.369 e. The maximum atomic E-state index is 13.1. The number of carbonyl (C=O) groups is 1. The smallest absolute Gasteiger partial charge is 0.255 e. The van der Waals surface area contributed by atoms with E-state index in [1.807, 2.05) is 78.9 Å². The average molecular weight is 471 g/mol. The van der Waals surface area contributed by atoms with E-state index in [9.17, 15) is 4.79 Å². The highest BCUT2D eigenvalue weighted by Gasteiger charge is 2.30. The molecule has 172 valence electrons. The van der Waals surface area contributed by atoms with Crippen LogP contribution in [-0.4, -0.2) is 38.0 Å². The third kappa shape index (κ3) is 4.17. The SMILES string of the molecule is Cc1ccc(C(=O)Nc2cccnc2C)cc1C1SCCNc2c1c(-c1ccccn1)nn2C. The van der Waals surface area contributed by atoms with Crippen LogP contribution in [0.1, 0.15) is 38.0 Å². The molecule has 0 aliphatic carbocycles. The van der Waals surface area contributed by atoms with Crippen LogP contribution in [0.2, 0.25) is 0 Å². The van der Waals surface area contributed by atoms with Gasteiger partial charge in [-0.05, 0) is 61.4 Å². The first-order valence-corrected chi connectivity index (χ1v) is 12.2. The van der Waals surface area contributed by atoms with Gasteiger partial charge in [0, 0.05) is 42.9 Å². The molecule has 0 spiro atoms. The molecule has 0 saturated heterocycles. The van der Waals surface area contributed by atoms with E-state index in [2.05, 4.69) is 27.5 Å². The van der Waals surface area contributed by atoms with Crippen molar-refractivity contribution in [3.63, 3.8) is 0 Å². The Morgan fingerprint density at radius 2 is 1.97 bits per heavy atom. The number of nitrogens with one attached hydrogen (secondary N) is 2. The maximum absolute atomic E-state index is 13.1. The highest BCUT2D eigenvalue weighted by Crippen LogP contribution is 2.46. The summed E-state index contributed by atoms with van der Waals surface area (Å²) in [7, 11) is 1.96. The molecule has 0 radical (unpaired) electrons. The van der Waals surface area contributed by atoms with Gasteiger partial charge >= 0.3 is 0 Å². The first-order valence-electron chi connectivity index (χ1n) is 11.2. The number of amides is 1. The van der Waals surface area contributed by atoms with E-state index < -0.39 is 0 Å². The fourth-order valence-corrected chi connectivity index (χ4v) is 5.52. The molecule has 1 aliphatic heterocycles. The van der Waals surface area contributed by atoms with Gasteiger partial charge in [0.2, 0.25) is 0 Å². The Labute approximate surface area is 203 Å². The predicted molar refractivity (Wildman–Crippen MR) is 137 cm³/mol. The summed E-state index contributed by atoms with van der Waals surface area (Å²) in [4.78, 5) is 22.0. The van der Waals surface area contributed by atoms with E-state index >= 15 is 0 Å². The summed E-state index contributed by atoms with van der Waals surface area (Å²) in [5, 5.41) is 11.4. The second kappa shape index (κ2) is 9.30. The molecule has 4 heterocycles. The lowest BCUT2D eigenvalue weighted by atomic mass is 9.96. The zero-order valence-electron chi connectivity index (χ0n) is 19.4. The molecule has 3 aromatic heterocycles. The summed E-state index contributed by atoms with van der Waals surface area (Å²) < 4.78 is 1.90. The molecule has 0 fully saturated rings. The van der Waals surface area contributed by atoms with Gasteiger partial charge < -0.3 is 10.6 Å². The van der Waals surface area contributed by atoms with Crippen LogP contribution in [0.4, 0.5) is 11.5 Å². The van der Waals surface area contributed by atoms with Crippen molar-refractivity contribution in [1.29, 1.82) is 0 Å². The van der Waals surface area contributed by atoms with Gasteiger partial charge in [-0.1, -0.05) is 12.1 Å². The molecular weight excluding hydrogens is 444 g/mol. The molecular formula is C26H26N6OS. The number of pyridine rings is 2. The monoisotopic (exact) mass is 470 g/mol. The van der Waals surface area contributed by atoms with E-state index in [1.165, 1.54) is 0 Å². The van der Waals surface area contributed by atoms with E-state index in [4.69, 9.17) is 5.10 Å². The number of hydrogen-bond donors (Lipinski definition) is 2. The molecule has 1 unspecified atom stereocenters. The molecule has 0 saturated carbocycles. The van der Waals surface area contributed by atoms with Crippen LogP contribution in [0, 0.1) is 13.8 Å². The van der Waals surface area contributed by atoms with Crippen LogP contribution in [0.3, 0.4) is 0 Å². The normalized spacial score (nSPS) is 15.2. The molecule has 4 aromatic rings. The summed E-state index contributed by atoms with van der Waals surface area (Å²) in [5.74, 6) is 1.78. The molecule has 1 aromatic carbocycles. The van der Waals surface area contributed by atoms with E-state index in [-0.39, 0.29) is 11.2 Å². The molecule has 5 rings (SSSR count). The molecule has 34 heavy (non-hydrogen) atoms. The number of anilines is 2. The van der Waals surface area contributed by atoms with Gasteiger partial charge in [-0.2, -0.15) is 5.10 Å². The lowest BCUT2D eigenvalue weighted by Gasteiger charge is -2.19. The van der Waals surface area contributed by atoms with Crippen LogP contribution in [-0.2, 0) is 7.05 Å². The number of hydrogen-bond acceptors (Lipinski definition) is 6. The zero-order valence-corrected chi connectivity index (χ0v) is 20.2. The van der Waals surface area contributed by atoms with Crippen LogP contribution >= 0.6 is 11.8 Å². The summed E-state index contributed by atoms with van der Waals surface area (Å²) in [6.07, 6.45) is 3.51. The Bertz CT molecular complexity index is 1350. The number of nitrogens with zero attached hydrogens (tertiary/aromatic N) is 4. The lowest BCUT2D eigenvalue weighted by Crippen LogP contribution is -2.14. The topological polar surface area (TPSA) is 84.7 Å². The summed E-state index contributed by atoms with van der Waals surface area (Å²) in [6, 6.07) is 15.5. The van der Waals surface area contributed by atoms with Crippen molar-refractivity contribution in [2.24, 2.45) is 7.05 Å². The Morgan fingerprint density at radius 3 is 2.76 bits per heavy atom. The van der Waals surface area contributed by atoms with E-state index in [1.54, 1.807) is 12.4 Å². The molecule has 2 N–H and O–H groups in total. The third-order valence-corrected chi connectivity index (χ3v) is 7.27. The quantitative estimate of drug-likeness (QED) is 0.437. The number of aromatic nitrogens is 4. The fourth-order valence-electron chi connectivity index (χ4n) is 4.24. The minimum absolute atomic E-state index is 0.0172. The van der Waals surface area contributed by atoms with Gasteiger partial charge in [0.05, 0.1) is 22.3 Å². The van der Waals surface area contributed by atoms with Gasteiger partial charge in [0.15, 0.2) is 0 Å². The Morgan fingerprint density at radius 1 is 1.12 bits per heavy atom. The van der Waals surface area contributed by atoms with Crippen molar-refractivity contribution >= 4 is 29.2 Å². The maximum Gasteiger partial charge on any atom is 0.255 e. The molecule has 1 amide bonds. The Kier molecular flexibility index (Phi) is 6.06. The molecule has 8 heteroatoms. The zero-order chi connectivity index (χ0) is 23.7. The van der Waals surface area contributed by atoms with Gasteiger partial charge in [-0.15, -0.1) is 11.8 Å². The van der Waals surface area contributed by atoms with Gasteiger partial charge in [-0.3, -0.25) is 19.4 Å². The summed E-state index contributed by atoms with van der Waals surface area (Å²) in [6.45, 7) is 4.82. The van der Waals surface area contributed by atoms with Gasteiger partial charge in [-0.25, -0.2) is 0 Å². The highest BCUT2D eigenvalue weighted by atomic mass is 32.2. The lowest BCUT2D eigenvalue weighted by molar-refractivity contribution is 0.102. The summed E-state index contributed by atoms with van der Waals surface area (Å²) in [5.41, 5.74) is 7.17. The van der Waals surface area contributed by atoms with Crippen LogP contribution in [0.25, 0.3) is 11.4 Å². The number of rotatable bonds is 4. The highest BCUT2D eigenvalue weighted by molar-refractivity contribution is 7.99. The molecule has 7 nitrogen and oxygen atoms in total.